The summed E-state index contributed by atoms with van der Waals surface area (Å²) >= 11 is 0. The lowest BCUT2D eigenvalue weighted by Gasteiger charge is -2.15. The van der Waals surface area contributed by atoms with E-state index in [-0.39, 0.29) is 5.97 Å². The van der Waals surface area contributed by atoms with Gasteiger partial charge in [-0.15, -0.1) is 0 Å². The molecule has 0 aromatic carbocycles. The molecule has 0 bridgehead atoms. The summed E-state index contributed by atoms with van der Waals surface area (Å²) in [6.45, 7) is 2.21. The van der Waals surface area contributed by atoms with Gasteiger partial charge in [-0.1, -0.05) is 31.7 Å². The second kappa shape index (κ2) is 10.4. The molecule has 4 nitrogen and oxygen atoms in total. The number of carbonyl (C=O) groups is 1. The fourth-order valence-electron chi connectivity index (χ4n) is 3.33. The zero-order valence-electron chi connectivity index (χ0n) is 15.1. The quantitative estimate of drug-likeness (QED) is 0.524. The monoisotopic (exact) mass is 332 g/mol. The summed E-state index contributed by atoms with van der Waals surface area (Å²) in [4.78, 5) is 16.3. The molecule has 24 heavy (non-hydrogen) atoms. The zero-order chi connectivity index (χ0) is 17.2. The number of nitrogens with zero attached hydrogens (tertiary/aromatic N) is 1. The summed E-state index contributed by atoms with van der Waals surface area (Å²) in [6, 6.07) is 4.04. The third-order valence-corrected chi connectivity index (χ3v) is 4.77. The topological polar surface area (TPSA) is 65.2 Å². The fourth-order valence-corrected chi connectivity index (χ4v) is 3.33. The Bertz CT molecular complexity index is 516. The number of aromatic nitrogens is 1. The van der Waals surface area contributed by atoms with Gasteiger partial charge in [0.25, 0.3) is 0 Å². The Balaban J connectivity index is 1.55. The first-order valence-corrected chi connectivity index (χ1v) is 9.60. The van der Waals surface area contributed by atoms with Crippen LogP contribution in [0.3, 0.4) is 0 Å². The van der Waals surface area contributed by atoms with Gasteiger partial charge in [-0.05, 0) is 63.5 Å². The van der Waals surface area contributed by atoms with Crippen molar-refractivity contribution in [3.63, 3.8) is 0 Å². The van der Waals surface area contributed by atoms with E-state index in [1.54, 1.807) is 0 Å². The number of pyridine rings is 1. The molecule has 0 amide bonds. The van der Waals surface area contributed by atoms with Crippen molar-refractivity contribution in [3.8, 4) is 0 Å². The summed E-state index contributed by atoms with van der Waals surface area (Å²) in [6.07, 6.45) is 12.5. The lowest BCUT2D eigenvalue weighted by Crippen LogP contribution is -2.32. The van der Waals surface area contributed by atoms with E-state index in [1.807, 2.05) is 6.92 Å². The number of ether oxygens (including phenoxy) is 1. The van der Waals surface area contributed by atoms with Crippen LogP contribution in [-0.4, -0.2) is 23.6 Å². The van der Waals surface area contributed by atoms with Gasteiger partial charge >= 0.3 is 5.97 Å². The summed E-state index contributed by atoms with van der Waals surface area (Å²) in [5.74, 6) is -0.268. The molecular weight excluding hydrogens is 300 g/mol. The smallest absolute Gasteiger partial charge is 0.322 e. The van der Waals surface area contributed by atoms with Crippen LogP contribution in [0, 0.1) is 0 Å². The molecule has 1 aromatic rings. The highest BCUT2D eigenvalue weighted by atomic mass is 16.5. The maximum atomic E-state index is 11.4. The van der Waals surface area contributed by atoms with Crippen molar-refractivity contribution in [2.45, 2.75) is 83.6 Å². The van der Waals surface area contributed by atoms with E-state index in [0.717, 1.165) is 32.1 Å². The summed E-state index contributed by atoms with van der Waals surface area (Å²) < 4.78 is 4.92. The van der Waals surface area contributed by atoms with Crippen LogP contribution in [-0.2, 0) is 28.8 Å². The largest absolute Gasteiger partial charge is 0.465 e. The SMILES string of the molecule is CCOC(=O)[C@@H](N)CCCCCCCc1ccc2c(n1)CCCC2. The van der Waals surface area contributed by atoms with Gasteiger partial charge in [0.15, 0.2) is 0 Å². The van der Waals surface area contributed by atoms with Crippen molar-refractivity contribution >= 4 is 5.97 Å². The average Bonchev–Trinajstić information content (AvgIpc) is 2.60. The molecule has 1 aliphatic rings. The number of nitrogens with two attached hydrogens (primary N) is 1. The van der Waals surface area contributed by atoms with E-state index < -0.39 is 6.04 Å². The Morgan fingerprint density at radius 1 is 1.17 bits per heavy atom. The Hall–Kier alpha value is -1.42. The molecule has 0 radical (unpaired) electrons. The molecule has 1 atom stereocenters. The molecule has 0 unspecified atom stereocenters. The van der Waals surface area contributed by atoms with Crippen LogP contribution in [0.4, 0.5) is 0 Å². The maximum Gasteiger partial charge on any atom is 0.322 e. The Labute approximate surface area is 146 Å². The predicted octanol–water partition coefficient (Wildman–Crippen LogP) is 3.73. The van der Waals surface area contributed by atoms with Crippen molar-refractivity contribution in [1.29, 1.82) is 0 Å². The molecule has 0 spiro atoms. The number of hydrogen-bond acceptors (Lipinski definition) is 4. The van der Waals surface area contributed by atoms with E-state index in [2.05, 4.69) is 12.1 Å². The minimum atomic E-state index is -0.454. The molecule has 2 N–H and O–H groups in total. The number of esters is 1. The minimum absolute atomic E-state index is 0.268. The van der Waals surface area contributed by atoms with Gasteiger partial charge in [-0.25, -0.2) is 0 Å². The highest BCUT2D eigenvalue weighted by Crippen LogP contribution is 2.20. The molecular formula is C20H32N2O2. The third-order valence-electron chi connectivity index (χ3n) is 4.77. The Kier molecular flexibility index (Phi) is 8.23. The van der Waals surface area contributed by atoms with E-state index in [1.165, 1.54) is 55.5 Å². The molecule has 0 fully saturated rings. The normalized spacial score (nSPS) is 14.9. The van der Waals surface area contributed by atoms with E-state index in [9.17, 15) is 4.79 Å². The van der Waals surface area contributed by atoms with Crippen molar-refractivity contribution in [2.24, 2.45) is 5.73 Å². The number of unbranched alkanes of at least 4 members (excludes halogenated alkanes) is 4. The molecule has 2 rings (SSSR count). The van der Waals surface area contributed by atoms with Gasteiger partial charge in [0.1, 0.15) is 6.04 Å². The molecule has 1 aromatic heterocycles. The second-order valence-corrected chi connectivity index (χ2v) is 6.78. The van der Waals surface area contributed by atoms with E-state index in [0.29, 0.717) is 6.61 Å². The number of rotatable bonds is 10. The van der Waals surface area contributed by atoms with Crippen LogP contribution in [0.5, 0.6) is 0 Å². The molecule has 0 saturated carbocycles. The zero-order valence-corrected chi connectivity index (χ0v) is 15.1. The van der Waals surface area contributed by atoms with Crippen LogP contribution in [0.1, 0.15) is 75.2 Å². The second-order valence-electron chi connectivity index (χ2n) is 6.78. The van der Waals surface area contributed by atoms with Crippen molar-refractivity contribution in [2.75, 3.05) is 6.61 Å². The van der Waals surface area contributed by atoms with Crippen molar-refractivity contribution in [1.82, 2.24) is 4.98 Å². The Morgan fingerprint density at radius 2 is 1.92 bits per heavy atom. The molecule has 1 aliphatic carbocycles. The maximum absolute atomic E-state index is 11.4. The van der Waals surface area contributed by atoms with Gasteiger partial charge in [-0.3, -0.25) is 9.78 Å². The minimum Gasteiger partial charge on any atom is -0.465 e. The van der Waals surface area contributed by atoms with Crippen molar-refractivity contribution in [3.05, 3.63) is 29.1 Å². The molecule has 0 saturated heterocycles. The van der Waals surface area contributed by atoms with Crippen molar-refractivity contribution < 1.29 is 9.53 Å². The lowest BCUT2D eigenvalue weighted by atomic mass is 9.95. The highest BCUT2D eigenvalue weighted by Gasteiger charge is 2.13. The number of fused-ring (bicyclic) bond motifs is 1. The first-order chi connectivity index (χ1) is 11.7. The van der Waals surface area contributed by atoms with Gasteiger partial charge in [0.2, 0.25) is 0 Å². The van der Waals surface area contributed by atoms with Crippen LogP contribution in [0.25, 0.3) is 0 Å². The third kappa shape index (κ3) is 6.23. The lowest BCUT2D eigenvalue weighted by molar-refractivity contribution is -0.144. The van der Waals surface area contributed by atoms with Gasteiger partial charge in [-0.2, -0.15) is 0 Å². The van der Waals surface area contributed by atoms with Crippen LogP contribution in [0.2, 0.25) is 0 Å². The first-order valence-electron chi connectivity index (χ1n) is 9.60. The van der Waals surface area contributed by atoms with Crippen LogP contribution >= 0.6 is 0 Å². The van der Waals surface area contributed by atoms with Gasteiger partial charge in [0, 0.05) is 11.4 Å². The summed E-state index contributed by atoms with van der Waals surface area (Å²) in [7, 11) is 0. The van der Waals surface area contributed by atoms with E-state index in [4.69, 9.17) is 15.5 Å². The fraction of sp³-hybridized carbons (Fsp3) is 0.700. The highest BCUT2D eigenvalue weighted by molar-refractivity contribution is 5.75. The average molecular weight is 332 g/mol. The van der Waals surface area contributed by atoms with E-state index >= 15 is 0 Å². The van der Waals surface area contributed by atoms with Crippen LogP contribution in [0.15, 0.2) is 12.1 Å². The summed E-state index contributed by atoms with van der Waals surface area (Å²) in [5, 5.41) is 0. The van der Waals surface area contributed by atoms with Gasteiger partial charge in [0.05, 0.1) is 6.61 Å². The molecule has 4 heteroatoms. The summed E-state index contributed by atoms with van der Waals surface area (Å²) in [5.41, 5.74) is 9.84. The van der Waals surface area contributed by atoms with Gasteiger partial charge < -0.3 is 10.5 Å². The first kappa shape index (κ1) is 18.9. The van der Waals surface area contributed by atoms with Crippen LogP contribution < -0.4 is 5.73 Å². The molecule has 0 aliphatic heterocycles. The Morgan fingerprint density at radius 3 is 2.75 bits per heavy atom. The predicted molar refractivity (Wildman–Crippen MR) is 96.9 cm³/mol. The molecule has 134 valence electrons. The number of hydrogen-bond donors (Lipinski definition) is 1. The molecule has 1 heterocycles. The standard InChI is InChI=1S/C20H32N2O2/c1-2-24-20(23)18(21)12-7-5-3-4-6-11-17-15-14-16-10-8-9-13-19(16)22-17/h14-15,18H,2-13,21H2,1H3/t18-/m0/s1. The number of aryl methyl sites for hydroxylation is 3. The number of carbonyl (C=O) groups excluding carboxylic acids is 1.